The third-order valence-electron chi connectivity index (χ3n) is 3.59. The maximum absolute atomic E-state index is 11.5. The number of hydrogen-bond donors (Lipinski definition) is 1. The zero-order chi connectivity index (χ0) is 13.7. The van der Waals surface area contributed by atoms with Crippen molar-refractivity contribution in [2.45, 2.75) is 13.1 Å². The largest absolute Gasteiger partial charge is 0.476 e. The van der Waals surface area contributed by atoms with Gasteiger partial charge in [0.1, 0.15) is 0 Å². The van der Waals surface area contributed by atoms with Crippen LogP contribution in [0.2, 0.25) is 0 Å². The fourth-order valence-electron chi connectivity index (χ4n) is 2.68. The highest BCUT2D eigenvalue weighted by atomic mass is 32.1. The Morgan fingerprint density at radius 2 is 1.95 bits per heavy atom. The summed E-state index contributed by atoms with van der Waals surface area (Å²) < 4.78 is 1.64. The molecule has 0 saturated carbocycles. The molecule has 0 saturated heterocycles. The lowest BCUT2D eigenvalue weighted by Gasteiger charge is -2.15. The van der Waals surface area contributed by atoms with Gasteiger partial charge in [-0.3, -0.25) is 4.40 Å². The summed E-state index contributed by atoms with van der Waals surface area (Å²) >= 11 is 1.44. The smallest absolute Gasteiger partial charge is 0.356 e. The van der Waals surface area contributed by atoms with Crippen LogP contribution in [0.5, 0.6) is 0 Å². The number of hydrogen-bond acceptors (Lipinski definition) is 4. The summed E-state index contributed by atoms with van der Waals surface area (Å²) in [6, 6.07) is 8.17. The zero-order valence-corrected chi connectivity index (χ0v) is 11.3. The SMILES string of the molecule is O=C(O)c1c(N2Cc3ccccc3C2)nc2sccn12. The van der Waals surface area contributed by atoms with Gasteiger partial charge in [-0.25, -0.2) is 9.78 Å². The number of carboxylic acid groups (broad SMARTS) is 1. The molecule has 5 nitrogen and oxygen atoms in total. The molecule has 100 valence electrons. The molecular weight excluding hydrogens is 274 g/mol. The van der Waals surface area contributed by atoms with Crippen LogP contribution in [0, 0.1) is 0 Å². The predicted octanol–water partition coefficient (Wildman–Crippen LogP) is 2.61. The van der Waals surface area contributed by atoms with Crippen LogP contribution in [0.15, 0.2) is 35.8 Å². The van der Waals surface area contributed by atoms with Crippen molar-refractivity contribution in [3.8, 4) is 0 Å². The Bertz CT molecular complexity index is 796. The van der Waals surface area contributed by atoms with Crippen molar-refractivity contribution < 1.29 is 9.90 Å². The van der Waals surface area contributed by atoms with E-state index in [9.17, 15) is 9.90 Å². The van der Waals surface area contributed by atoms with Crippen LogP contribution in [-0.4, -0.2) is 20.5 Å². The van der Waals surface area contributed by atoms with Crippen molar-refractivity contribution in [2.75, 3.05) is 4.90 Å². The third kappa shape index (κ3) is 1.55. The number of benzene rings is 1. The van der Waals surface area contributed by atoms with E-state index < -0.39 is 5.97 Å². The number of aromatic carboxylic acids is 1. The van der Waals surface area contributed by atoms with Crippen LogP contribution in [0.25, 0.3) is 4.96 Å². The Kier molecular flexibility index (Phi) is 2.34. The fourth-order valence-corrected chi connectivity index (χ4v) is 3.39. The topological polar surface area (TPSA) is 57.8 Å². The highest BCUT2D eigenvalue weighted by molar-refractivity contribution is 7.15. The van der Waals surface area contributed by atoms with Crippen LogP contribution in [0.3, 0.4) is 0 Å². The van der Waals surface area contributed by atoms with Gasteiger partial charge in [0, 0.05) is 24.7 Å². The molecule has 4 rings (SSSR count). The van der Waals surface area contributed by atoms with E-state index in [2.05, 4.69) is 17.1 Å². The normalized spacial score (nSPS) is 13.9. The van der Waals surface area contributed by atoms with Crippen molar-refractivity contribution in [1.82, 2.24) is 9.38 Å². The number of aromatic nitrogens is 2. The number of thiazole rings is 1. The molecule has 20 heavy (non-hydrogen) atoms. The molecule has 0 aliphatic carbocycles. The summed E-state index contributed by atoms with van der Waals surface area (Å²) in [7, 11) is 0. The Balaban J connectivity index is 1.82. The maximum Gasteiger partial charge on any atom is 0.356 e. The Morgan fingerprint density at radius 3 is 2.60 bits per heavy atom. The number of carbonyl (C=O) groups is 1. The average molecular weight is 285 g/mol. The van der Waals surface area contributed by atoms with Crippen molar-refractivity contribution in [3.05, 3.63) is 52.7 Å². The second-order valence-electron chi connectivity index (χ2n) is 4.77. The van der Waals surface area contributed by atoms with E-state index in [0.29, 0.717) is 23.9 Å². The minimum absolute atomic E-state index is 0.244. The fraction of sp³-hybridized carbons (Fsp3) is 0.143. The molecule has 3 aromatic rings. The lowest BCUT2D eigenvalue weighted by molar-refractivity contribution is 0.0690. The Hall–Kier alpha value is -2.34. The van der Waals surface area contributed by atoms with Crippen LogP contribution in [0.1, 0.15) is 21.6 Å². The minimum Gasteiger partial charge on any atom is -0.476 e. The predicted molar refractivity (Wildman–Crippen MR) is 76.4 cm³/mol. The number of carboxylic acids is 1. The van der Waals surface area contributed by atoms with Crippen LogP contribution < -0.4 is 4.90 Å². The maximum atomic E-state index is 11.5. The van der Waals surface area contributed by atoms with Gasteiger partial charge in [-0.15, -0.1) is 11.3 Å². The lowest BCUT2D eigenvalue weighted by atomic mass is 10.1. The van der Waals surface area contributed by atoms with Gasteiger partial charge in [0.25, 0.3) is 0 Å². The molecule has 1 aliphatic heterocycles. The quantitative estimate of drug-likeness (QED) is 0.786. The Labute approximate surface area is 118 Å². The third-order valence-corrected chi connectivity index (χ3v) is 4.34. The van der Waals surface area contributed by atoms with Gasteiger partial charge < -0.3 is 10.0 Å². The van der Waals surface area contributed by atoms with Crippen molar-refractivity contribution >= 4 is 28.1 Å². The van der Waals surface area contributed by atoms with E-state index in [1.807, 2.05) is 22.4 Å². The molecule has 6 heteroatoms. The van der Waals surface area contributed by atoms with Gasteiger partial charge in [-0.1, -0.05) is 24.3 Å². The summed E-state index contributed by atoms with van der Waals surface area (Å²) in [5, 5.41) is 11.3. The minimum atomic E-state index is -0.943. The molecule has 1 aromatic carbocycles. The van der Waals surface area contributed by atoms with Gasteiger partial charge in [0.15, 0.2) is 16.5 Å². The second-order valence-corrected chi connectivity index (χ2v) is 5.64. The summed E-state index contributed by atoms with van der Waals surface area (Å²) in [6.07, 6.45) is 1.75. The number of rotatable bonds is 2. The van der Waals surface area contributed by atoms with Gasteiger partial charge >= 0.3 is 5.97 Å². The summed E-state index contributed by atoms with van der Waals surface area (Å²) in [5.41, 5.74) is 2.72. The molecular formula is C14H11N3O2S. The van der Waals surface area contributed by atoms with E-state index in [1.54, 1.807) is 10.6 Å². The summed E-state index contributed by atoms with van der Waals surface area (Å²) in [5.74, 6) is -0.387. The molecule has 3 heterocycles. The molecule has 0 amide bonds. The standard InChI is InChI=1S/C14H11N3O2S/c18-13(19)11-12(15-14-17(11)5-6-20-14)16-7-9-3-1-2-4-10(9)8-16/h1-6H,7-8H2,(H,18,19). The number of fused-ring (bicyclic) bond motifs is 2. The molecule has 0 radical (unpaired) electrons. The molecule has 1 N–H and O–H groups in total. The van der Waals surface area contributed by atoms with Crippen LogP contribution in [-0.2, 0) is 13.1 Å². The molecule has 1 aliphatic rings. The number of anilines is 1. The van der Waals surface area contributed by atoms with E-state index in [-0.39, 0.29) is 5.69 Å². The molecule has 0 atom stereocenters. The van der Waals surface area contributed by atoms with Gasteiger partial charge in [0.05, 0.1) is 0 Å². The first-order valence-corrected chi connectivity index (χ1v) is 7.12. The highest BCUT2D eigenvalue weighted by Gasteiger charge is 2.27. The second kappa shape index (κ2) is 4.08. The highest BCUT2D eigenvalue weighted by Crippen LogP contribution is 2.31. The van der Waals surface area contributed by atoms with E-state index in [4.69, 9.17) is 0 Å². The van der Waals surface area contributed by atoms with Gasteiger partial charge in [0.2, 0.25) is 0 Å². The average Bonchev–Trinajstić information content (AvgIpc) is 3.10. The van der Waals surface area contributed by atoms with Gasteiger partial charge in [-0.05, 0) is 11.1 Å². The monoisotopic (exact) mass is 285 g/mol. The number of nitrogens with zero attached hydrogens (tertiary/aromatic N) is 3. The van der Waals surface area contributed by atoms with E-state index in [1.165, 1.54) is 22.5 Å². The van der Waals surface area contributed by atoms with Gasteiger partial charge in [-0.2, -0.15) is 0 Å². The molecule has 2 aromatic heterocycles. The molecule has 0 unspecified atom stereocenters. The summed E-state index contributed by atoms with van der Waals surface area (Å²) in [6.45, 7) is 1.42. The molecule has 0 bridgehead atoms. The summed E-state index contributed by atoms with van der Waals surface area (Å²) in [4.78, 5) is 18.8. The zero-order valence-electron chi connectivity index (χ0n) is 10.5. The first-order valence-electron chi connectivity index (χ1n) is 6.24. The molecule has 0 fully saturated rings. The first kappa shape index (κ1) is 11.5. The van der Waals surface area contributed by atoms with Crippen LogP contribution in [0.4, 0.5) is 5.82 Å². The Morgan fingerprint density at radius 1 is 1.25 bits per heavy atom. The van der Waals surface area contributed by atoms with E-state index in [0.717, 1.165) is 0 Å². The number of imidazole rings is 1. The molecule has 0 spiro atoms. The van der Waals surface area contributed by atoms with Crippen LogP contribution >= 0.6 is 11.3 Å². The van der Waals surface area contributed by atoms with Crippen molar-refractivity contribution in [1.29, 1.82) is 0 Å². The first-order chi connectivity index (χ1) is 9.74. The van der Waals surface area contributed by atoms with Crippen molar-refractivity contribution in [3.63, 3.8) is 0 Å². The van der Waals surface area contributed by atoms with Crippen molar-refractivity contribution in [2.24, 2.45) is 0 Å². The lowest BCUT2D eigenvalue weighted by Crippen LogP contribution is -2.18. The van der Waals surface area contributed by atoms with E-state index >= 15 is 0 Å².